The molecule has 0 saturated carbocycles. The number of carbonyl (C=O) groups excluding carboxylic acids is 4. The van der Waals surface area contributed by atoms with Crippen LogP contribution >= 0.6 is 11.6 Å². The smallest absolute Gasteiger partial charge is 0.302 e. The molecule has 1 heterocycles. The van der Waals surface area contributed by atoms with E-state index < -0.39 is 23.8 Å². The van der Waals surface area contributed by atoms with Crippen molar-refractivity contribution in [3.63, 3.8) is 0 Å². The molecule has 2 aromatic carbocycles. The van der Waals surface area contributed by atoms with Crippen LogP contribution in [0.25, 0.3) is 0 Å². The molecule has 1 unspecified atom stereocenters. The van der Waals surface area contributed by atoms with Crippen LogP contribution in [-0.2, 0) is 25.7 Å². The third-order valence-electron chi connectivity index (χ3n) is 6.01. The quantitative estimate of drug-likeness (QED) is 0.389. The maximum absolute atomic E-state index is 13.6. The highest BCUT2D eigenvalue weighted by Crippen LogP contribution is 2.30. The number of esters is 1. The van der Waals surface area contributed by atoms with Crippen molar-refractivity contribution < 1.29 is 33.8 Å². The highest BCUT2D eigenvalue weighted by Gasteiger charge is 2.32. The van der Waals surface area contributed by atoms with Gasteiger partial charge in [0, 0.05) is 26.2 Å². The summed E-state index contributed by atoms with van der Waals surface area (Å²) < 4.78 is 10.3. The van der Waals surface area contributed by atoms with Gasteiger partial charge in [-0.3, -0.25) is 24.1 Å². The third kappa shape index (κ3) is 6.99. The summed E-state index contributed by atoms with van der Waals surface area (Å²) in [5.74, 6) is -1.21. The molecule has 0 radical (unpaired) electrons. The number of hydrogen-bond acceptors (Lipinski definition) is 7. The van der Waals surface area contributed by atoms with Crippen molar-refractivity contribution in [3.8, 4) is 5.75 Å². The van der Waals surface area contributed by atoms with E-state index in [2.05, 4.69) is 0 Å². The molecule has 2 aromatic rings. The topological polar surface area (TPSA) is 117 Å². The predicted molar refractivity (Wildman–Crippen MR) is 136 cm³/mol. The van der Waals surface area contributed by atoms with Gasteiger partial charge in [0.25, 0.3) is 5.91 Å². The average Bonchev–Trinajstić information content (AvgIpc) is 3.01. The fourth-order valence-electron chi connectivity index (χ4n) is 3.74. The van der Waals surface area contributed by atoms with Crippen LogP contribution in [0.5, 0.6) is 5.75 Å². The lowest BCUT2D eigenvalue weighted by atomic mass is 10.1. The van der Waals surface area contributed by atoms with E-state index in [9.17, 15) is 24.3 Å². The highest BCUT2D eigenvalue weighted by atomic mass is 35.5. The number of amides is 3. The maximum atomic E-state index is 13.6. The summed E-state index contributed by atoms with van der Waals surface area (Å²) >= 11 is 6.41. The second-order valence-corrected chi connectivity index (χ2v) is 9.04. The van der Waals surface area contributed by atoms with Crippen LogP contribution < -0.4 is 9.64 Å². The first-order chi connectivity index (χ1) is 17.6. The molecule has 0 spiro atoms. The number of aliphatic hydroxyl groups is 1. The van der Waals surface area contributed by atoms with Crippen LogP contribution in [0, 0.1) is 0 Å². The molecule has 1 aliphatic rings. The molecule has 0 saturated heterocycles. The summed E-state index contributed by atoms with van der Waals surface area (Å²) in [5.41, 5.74) is 1.43. The van der Waals surface area contributed by atoms with E-state index in [1.807, 2.05) is 0 Å². The van der Waals surface area contributed by atoms with Crippen LogP contribution in [0.15, 0.2) is 42.5 Å². The van der Waals surface area contributed by atoms with Crippen molar-refractivity contribution in [2.75, 3.05) is 44.9 Å². The normalized spacial score (nSPS) is 13.9. The number of hydrogen-bond donors (Lipinski definition) is 1. The van der Waals surface area contributed by atoms with E-state index in [0.29, 0.717) is 17.0 Å². The molecular formula is C26H30ClN3O7. The monoisotopic (exact) mass is 531 g/mol. The summed E-state index contributed by atoms with van der Waals surface area (Å²) in [5, 5.41) is 9.48. The molecule has 0 fully saturated rings. The predicted octanol–water partition coefficient (Wildman–Crippen LogP) is 2.11. The molecule has 198 valence electrons. The van der Waals surface area contributed by atoms with E-state index in [-0.39, 0.29) is 55.9 Å². The van der Waals surface area contributed by atoms with Gasteiger partial charge in [0.1, 0.15) is 32.1 Å². The first-order valence-electron chi connectivity index (χ1n) is 11.7. The van der Waals surface area contributed by atoms with E-state index in [4.69, 9.17) is 21.1 Å². The molecule has 0 aromatic heterocycles. The Kier molecular flexibility index (Phi) is 9.48. The first-order valence-corrected chi connectivity index (χ1v) is 12.1. The number of anilines is 1. The summed E-state index contributed by atoms with van der Waals surface area (Å²) in [6, 6.07) is 11.3. The Morgan fingerprint density at radius 1 is 1.14 bits per heavy atom. The van der Waals surface area contributed by atoms with Crippen molar-refractivity contribution >= 4 is 41.0 Å². The second kappa shape index (κ2) is 12.6. The maximum Gasteiger partial charge on any atom is 0.302 e. The van der Waals surface area contributed by atoms with Gasteiger partial charge in [-0.15, -0.1) is 0 Å². The fraction of sp³-hybridized carbons (Fsp3) is 0.385. The Labute approximate surface area is 220 Å². The molecule has 1 atom stereocenters. The zero-order valence-corrected chi connectivity index (χ0v) is 21.7. The van der Waals surface area contributed by atoms with Gasteiger partial charge in [-0.05, 0) is 36.8 Å². The Morgan fingerprint density at radius 2 is 1.86 bits per heavy atom. The van der Waals surface area contributed by atoms with E-state index in [1.165, 1.54) is 33.8 Å². The molecule has 37 heavy (non-hydrogen) atoms. The Bertz CT molecular complexity index is 1170. The Morgan fingerprint density at radius 3 is 2.54 bits per heavy atom. The summed E-state index contributed by atoms with van der Waals surface area (Å²) in [7, 11) is 1.57. The lowest BCUT2D eigenvalue weighted by molar-refractivity contribution is -0.141. The molecule has 3 amide bonds. The lowest BCUT2D eigenvalue weighted by Gasteiger charge is -2.27. The van der Waals surface area contributed by atoms with Crippen molar-refractivity contribution in [3.05, 3.63) is 58.6 Å². The molecule has 0 bridgehead atoms. The van der Waals surface area contributed by atoms with Crippen LogP contribution in [0.1, 0.15) is 29.8 Å². The van der Waals surface area contributed by atoms with Crippen LogP contribution in [-0.4, -0.2) is 84.6 Å². The van der Waals surface area contributed by atoms with Crippen LogP contribution in [0.2, 0.25) is 5.02 Å². The number of likely N-dealkylation sites (N-methyl/N-ethyl adjacent to an activating group) is 1. The standard InChI is InChI=1S/C26H30ClN3O7/c1-17(16-31)28(3)24(33)14-29-13-19-6-4-5-7-23(19)30(15-25(29)34)26(35)21-9-8-20(12-22(21)27)37-11-10-36-18(2)32/h4-9,12,17,31H,10-11,13-16H2,1-3H3. The van der Waals surface area contributed by atoms with Crippen LogP contribution in [0.3, 0.4) is 0 Å². The van der Waals surface area contributed by atoms with Gasteiger partial charge in [0.15, 0.2) is 0 Å². The van der Waals surface area contributed by atoms with E-state index in [1.54, 1.807) is 44.3 Å². The zero-order valence-electron chi connectivity index (χ0n) is 21.0. The summed E-state index contributed by atoms with van der Waals surface area (Å²) in [4.78, 5) is 54.5. The van der Waals surface area contributed by atoms with Crippen molar-refractivity contribution in [1.29, 1.82) is 0 Å². The Balaban J connectivity index is 1.80. The van der Waals surface area contributed by atoms with Gasteiger partial charge >= 0.3 is 5.97 Å². The third-order valence-corrected chi connectivity index (χ3v) is 6.32. The minimum Gasteiger partial charge on any atom is -0.490 e. The van der Waals surface area contributed by atoms with Crippen molar-refractivity contribution in [2.24, 2.45) is 0 Å². The van der Waals surface area contributed by atoms with Gasteiger partial charge in [-0.25, -0.2) is 0 Å². The lowest BCUT2D eigenvalue weighted by Crippen LogP contribution is -2.47. The minimum absolute atomic E-state index is 0.0774. The molecule has 3 rings (SSSR count). The molecule has 0 aliphatic carbocycles. The molecular weight excluding hydrogens is 502 g/mol. The number of carbonyl (C=O) groups is 4. The minimum atomic E-state index is -0.475. The number of para-hydroxylation sites is 1. The average molecular weight is 532 g/mol. The molecule has 10 nitrogen and oxygen atoms in total. The molecule has 11 heteroatoms. The highest BCUT2D eigenvalue weighted by molar-refractivity contribution is 6.34. The van der Waals surface area contributed by atoms with Gasteiger partial charge < -0.3 is 24.4 Å². The number of rotatable bonds is 9. The number of ether oxygens (including phenoxy) is 2. The van der Waals surface area contributed by atoms with Gasteiger partial charge in [0.2, 0.25) is 11.8 Å². The van der Waals surface area contributed by atoms with E-state index >= 15 is 0 Å². The number of aliphatic hydroxyl groups excluding tert-OH is 1. The summed E-state index contributed by atoms with van der Waals surface area (Å²) in [6.45, 7) is 2.70. The molecule has 1 aliphatic heterocycles. The fourth-order valence-corrected chi connectivity index (χ4v) is 3.99. The molecule has 1 N–H and O–H groups in total. The van der Waals surface area contributed by atoms with Gasteiger partial charge in [-0.1, -0.05) is 29.8 Å². The van der Waals surface area contributed by atoms with Gasteiger partial charge in [0.05, 0.1) is 23.2 Å². The number of nitrogens with zero attached hydrogens (tertiary/aromatic N) is 3. The Hall–Kier alpha value is -3.63. The second-order valence-electron chi connectivity index (χ2n) is 8.64. The van der Waals surface area contributed by atoms with Crippen molar-refractivity contribution in [2.45, 2.75) is 26.4 Å². The largest absolute Gasteiger partial charge is 0.490 e. The van der Waals surface area contributed by atoms with Gasteiger partial charge in [-0.2, -0.15) is 0 Å². The zero-order chi connectivity index (χ0) is 27.1. The number of halogens is 1. The van der Waals surface area contributed by atoms with Crippen molar-refractivity contribution in [1.82, 2.24) is 9.80 Å². The van der Waals surface area contributed by atoms with E-state index in [0.717, 1.165) is 0 Å². The number of fused-ring (bicyclic) bond motifs is 1. The first kappa shape index (κ1) is 27.9. The number of benzene rings is 2. The van der Waals surface area contributed by atoms with Crippen LogP contribution in [0.4, 0.5) is 5.69 Å². The summed E-state index contributed by atoms with van der Waals surface area (Å²) in [6.07, 6.45) is 0. The SMILES string of the molecule is CC(=O)OCCOc1ccc(C(=O)N2CC(=O)N(CC(=O)N(C)C(C)CO)Cc3ccccc32)c(Cl)c1.